The van der Waals surface area contributed by atoms with E-state index in [9.17, 15) is 0 Å². The molecule has 0 heterocycles. The second kappa shape index (κ2) is 18.2. The van der Waals surface area contributed by atoms with Crippen LogP contribution in [0.2, 0.25) is 0 Å². The van der Waals surface area contributed by atoms with Crippen molar-refractivity contribution >= 4 is 56.9 Å². The Morgan fingerprint density at radius 1 is 0.172 bits per heavy atom. The summed E-state index contributed by atoms with van der Waals surface area (Å²) in [5.74, 6) is 0. The molecule has 0 atom stereocenters. The Morgan fingerprint density at radius 2 is 0.328 bits per heavy atom. The first kappa shape index (κ1) is 39.5. The van der Waals surface area contributed by atoms with E-state index in [4.69, 9.17) is 5.73 Å². The molecule has 0 bridgehead atoms. The zero-order valence-corrected chi connectivity index (χ0v) is 35.3. The van der Waals surface area contributed by atoms with Crippen LogP contribution < -0.4 is 20.4 Å². The third-order valence-electron chi connectivity index (χ3n) is 11.6. The first-order valence-corrected chi connectivity index (χ1v) is 21.6. The Hall–Kier alpha value is -8.60. The average Bonchev–Trinajstić information content (AvgIpc) is 3.37. The van der Waals surface area contributed by atoms with Crippen molar-refractivity contribution in [2.45, 2.75) is 0 Å². The van der Waals surface area contributed by atoms with Crippen molar-refractivity contribution in [1.82, 2.24) is 0 Å². The minimum atomic E-state index is 0.764. The first-order valence-electron chi connectivity index (χ1n) is 21.6. The molecule has 0 fully saturated rings. The summed E-state index contributed by atoms with van der Waals surface area (Å²) in [6.07, 6.45) is 0. The molecule has 64 heavy (non-hydrogen) atoms. The maximum Gasteiger partial charge on any atom is 0.0462 e. The van der Waals surface area contributed by atoms with Crippen LogP contribution >= 0.6 is 0 Å². The summed E-state index contributed by atoms with van der Waals surface area (Å²) in [7, 11) is 0. The predicted molar refractivity (Wildman–Crippen MR) is 271 cm³/mol. The molecule has 306 valence electrons. The van der Waals surface area contributed by atoms with E-state index in [1.807, 2.05) is 12.1 Å². The molecule has 0 saturated heterocycles. The number of para-hydroxylation sites is 4. The molecule has 0 radical (unpaired) electrons. The molecular weight excluding hydrogens is 777 g/mol. The molecule has 0 aromatic heterocycles. The zero-order chi connectivity index (χ0) is 43.1. The summed E-state index contributed by atoms with van der Waals surface area (Å²) in [4.78, 5) is 6.90. The van der Waals surface area contributed by atoms with Crippen LogP contribution in [0, 0.1) is 0 Å². The number of nitrogens with two attached hydrogens (primary N) is 1. The summed E-state index contributed by atoms with van der Waals surface area (Å²) in [6, 6.07) is 94.2. The van der Waals surface area contributed by atoms with E-state index >= 15 is 0 Å². The third kappa shape index (κ3) is 8.49. The van der Waals surface area contributed by atoms with Crippen LogP contribution in [0.4, 0.5) is 56.9 Å². The summed E-state index contributed by atoms with van der Waals surface area (Å²) >= 11 is 0. The second-order valence-corrected chi connectivity index (χ2v) is 15.7. The standard InChI is InChI=1S/C60H46N4/c61-51-33-21-45(22-34-51)46-23-37-57(38-24-46)63(54-17-9-3-10-18-54)58-41-29-49(30-42-58)50-31-43-60(44-32-50)64(55-19-11-4-12-20-55)59-39-27-48(28-40-59)47-25-35-56(36-26-47)62(52-13-5-1-6-14-52)53-15-7-2-8-16-53/h1-44H,61H2. The van der Waals surface area contributed by atoms with Gasteiger partial charge in [0.15, 0.2) is 0 Å². The molecule has 10 aromatic rings. The van der Waals surface area contributed by atoms with E-state index in [1.165, 1.54) is 0 Å². The van der Waals surface area contributed by atoms with Crippen molar-refractivity contribution in [2.75, 3.05) is 20.4 Å². The van der Waals surface area contributed by atoms with Gasteiger partial charge in [-0.25, -0.2) is 0 Å². The number of nitrogens with zero attached hydrogens (tertiary/aromatic N) is 3. The molecule has 4 nitrogen and oxygen atoms in total. The number of anilines is 10. The van der Waals surface area contributed by atoms with Gasteiger partial charge in [-0.3, -0.25) is 0 Å². The molecule has 0 aliphatic rings. The molecule has 0 unspecified atom stereocenters. The Kier molecular flexibility index (Phi) is 11.2. The van der Waals surface area contributed by atoms with Crippen LogP contribution in [-0.4, -0.2) is 0 Å². The van der Waals surface area contributed by atoms with Gasteiger partial charge in [0.1, 0.15) is 0 Å². The van der Waals surface area contributed by atoms with Crippen molar-refractivity contribution in [3.05, 3.63) is 267 Å². The lowest BCUT2D eigenvalue weighted by Crippen LogP contribution is -2.10. The van der Waals surface area contributed by atoms with Crippen LogP contribution in [0.15, 0.2) is 267 Å². The minimum absolute atomic E-state index is 0.764. The van der Waals surface area contributed by atoms with Crippen molar-refractivity contribution in [1.29, 1.82) is 0 Å². The van der Waals surface area contributed by atoms with Gasteiger partial charge in [-0.15, -0.1) is 0 Å². The van der Waals surface area contributed by atoms with E-state index < -0.39 is 0 Å². The Labute approximate surface area is 376 Å². The highest BCUT2D eigenvalue weighted by atomic mass is 15.2. The van der Waals surface area contributed by atoms with Crippen LogP contribution in [-0.2, 0) is 0 Å². The van der Waals surface area contributed by atoms with Gasteiger partial charge in [0.05, 0.1) is 0 Å². The van der Waals surface area contributed by atoms with E-state index in [2.05, 4.69) is 269 Å². The summed E-state index contributed by atoms with van der Waals surface area (Å²) < 4.78 is 0. The highest BCUT2D eigenvalue weighted by molar-refractivity contribution is 5.83. The molecule has 4 heteroatoms. The zero-order valence-electron chi connectivity index (χ0n) is 35.3. The van der Waals surface area contributed by atoms with Crippen molar-refractivity contribution in [3.63, 3.8) is 0 Å². The molecule has 0 saturated carbocycles. The van der Waals surface area contributed by atoms with Gasteiger partial charge < -0.3 is 20.4 Å². The van der Waals surface area contributed by atoms with Gasteiger partial charge in [-0.05, 0) is 155 Å². The number of hydrogen-bond acceptors (Lipinski definition) is 4. The van der Waals surface area contributed by atoms with E-state index in [-0.39, 0.29) is 0 Å². The maximum absolute atomic E-state index is 5.95. The number of benzene rings is 10. The molecular formula is C60H46N4. The molecule has 0 aliphatic heterocycles. The van der Waals surface area contributed by atoms with Gasteiger partial charge in [0.25, 0.3) is 0 Å². The topological polar surface area (TPSA) is 35.7 Å². The highest BCUT2D eigenvalue weighted by Crippen LogP contribution is 2.40. The lowest BCUT2D eigenvalue weighted by molar-refractivity contribution is 1.28. The minimum Gasteiger partial charge on any atom is -0.399 e. The first-order chi connectivity index (χ1) is 31.6. The highest BCUT2D eigenvalue weighted by Gasteiger charge is 2.16. The van der Waals surface area contributed by atoms with Crippen molar-refractivity contribution in [2.24, 2.45) is 0 Å². The fraction of sp³-hybridized carbons (Fsp3) is 0. The largest absolute Gasteiger partial charge is 0.399 e. The van der Waals surface area contributed by atoms with Crippen molar-refractivity contribution < 1.29 is 0 Å². The summed E-state index contributed by atoms with van der Waals surface area (Å²) in [6.45, 7) is 0. The van der Waals surface area contributed by atoms with Crippen LogP contribution in [0.5, 0.6) is 0 Å². The molecule has 2 N–H and O–H groups in total. The van der Waals surface area contributed by atoms with E-state index in [1.54, 1.807) is 0 Å². The van der Waals surface area contributed by atoms with Gasteiger partial charge in [-0.1, -0.05) is 146 Å². The van der Waals surface area contributed by atoms with Crippen LogP contribution in [0.25, 0.3) is 33.4 Å². The monoisotopic (exact) mass is 822 g/mol. The maximum atomic E-state index is 5.95. The quantitative estimate of drug-likeness (QED) is 0.125. The van der Waals surface area contributed by atoms with E-state index in [0.717, 1.165) is 90.3 Å². The predicted octanol–water partition coefficient (Wildman–Crippen LogP) is 16.7. The molecule has 0 aliphatic carbocycles. The SMILES string of the molecule is Nc1ccc(-c2ccc(N(c3ccccc3)c3ccc(-c4ccc(N(c5ccccc5)c5ccc(-c6ccc(N(c7ccccc7)c7ccccc7)cc6)cc5)cc4)cc3)cc2)cc1. The normalized spacial score (nSPS) is 10.9. The summed E-state index contributed by atoms with van der Waals surface area (Å²) in [5, 5.41) is 0. The lowest BCUT2D eigenvalue weighted by atomic mass is 10.0. The van der Waals surface area contributed by atoms with E-state index in [0.29, 0.717) is 0 Å². The molecule has 0 spiro atoms. The second-order valence-electron chi connectivity index (χ2n) is 15.7. The van der Waals surface area contributed by atoms with Crippen LogP contribution in [0.3, 0.4) is 0 Å². The molecule has 10 rings (SSSR count). The van der Waals surface area contributed by atoms with Crippen molar-refractivity contribution in [3.8, 4) is 33.4 Å². The number of hydrogen-bond donors (Lipinski definition) is 1. The average molecular weight is 823 g/mol. The number of nitrogen functional groups attached to an aromatic ring is 1. The van der Waals surface area contributed by atoms with Gasteiger partial charge in [0, 0.05) is 56.9 Å². The Bertz CT molecular complexity index is 2990. The van der Waals surface area contributed by atoms with Gasteiger partial charge in [0.2, 0.25) is 0 Å². The smallest absolute Gasteiger partial charge is 0.0462 e. The molecule has 0 amide bonds. The summed E-state index contributed by atoms with van der Waals surface area (Å²) in [5.41, 5.74) is 23.5. The van der Waals surface area contributed by atoms with Crippen LogP contribution in [0.1, 0.15) is 0 Å². The lowest BCUT2D eigenvalue weighted by Gasteiger charge is -2.26. The Balaban J connectivity index is 0.895. The molecule has 10 aromatic carbocycles. The van der Waals surface area contributed by atoms with Gasteiger partial charge >= 0.3 is 0 Å². The van der Waals surface area contributed by atoms with Gasteiger partial charge in [-0.2, -0.15) is 0 Å². The fourth-order valence-electron chi connectivity index (χ4n) is 8.34. The number of rotatable bonds is 12. The fourth-order valence-corrected chi connectivity index (χ4v) is 8.34. The third-order valence-corrected chi connectivity index (χ3v) is 11.6. The Morgan fingerprint density at radius 3 is 0.516 bits per heavy atom.